The Balaban J connectivity index is 4.23. The van der Waals surface area contributed by atoms with Crippen molar-refractivity contribution in [1.29, 1.82) is 0 Å². The number of carbonyl (C=O) groups excluding carboxylic acids is 1. The van der Waals surface area contributed by atoms with Gasteiger partial charge in [0.15, 0.2) is 0 Å². The van der Waals surface area contributed by atoms with Crippen LogP contribution in [-0.2, 0) is 14.3 Å². The number of carbonyl (C=O) groups is 2. The lowest BCUT2D eigenvalue weighted by Gasteiger charge is -2.23. The van der Waals surface area contributed by atoms with E-state index >= 15 is 0 Å². The zero-order valence-corrected chi connectivity index (χ0v) is 12.6. The summed E-state index contributed by atoms with van der Waals surface area (Å²) in [6, 6.07) is -0.220. The van der Waals surface area contributed by atoms with Crippen molar-refractivity contribution < 1.29 is 24.2 Å². The van der Waals surface area contributed by atoms with E-state index in [9.17, 15) is 9.59 Å². The number of amides is 2. The number of methoxy groups -OCH3 is 2. The van der Waals surface area contributed by atoms with E-state index in [2.05, 4.69) is 5.32 Å². The van der Waals surface area contributed by atoms with Gasteiger partial charge in [-0.2, -0.15) is 0 Å². The Morgan fingerprint density at radius 3 is 2.15 bits per heavy atom. The number of carboxylic acids is 1. The minimum Gasteiger partial charge on any atom is -0.481 e. The van der Waals surface area contributed by atoms with E-state index in [1.807, 2.05) is 6.92 Å². The summed E-state index contributed by atoms with van der Waals surface area (Å²) >= 11 is 0. The van der Waals surface area contributed by atoms with Crippen LogP contribution in [0.2, 0.25) is 0 Å². The molecule has 2 amide bonds. The lowest BCUT2D eigenvalue weighted by atomic mass is 10.0. The third-order valence-corrected chi connectivity index (χ3v) is 3.00. The van der Waals surface area contributed by atoms with Crippen LogP contribution < -0.4 is 5.32 Å². The highest BCUT2D eigenvalue weighted by Gasteiger charge is 2.16. The minimum absolute atomic E-state index is 0.0526. The Kier molecular flexibility index (Phi) is 10.7. The van der Waals surface area contributed by atoms with Gasteiger partial charge in [0, 0.05) is 40.3 Å². The first-order chi connectivity index (χ1) is 9.54. The summed E-state index contributed by atoms with van der Waals surface area (Å²) in [5, 5.41) is 11.5. The van der Waals surface area contributed by atoms with Crippen LogP contribution >= 0.6 is 0 Å². The van der Waals surface area contributed by atoms with Gasteiger partial charge in [-0.25, -0.2) is 4.79 Å². The molecular weight excluding hydrogens is 264 g/mol. The van der Waals surface area contributed by atoms with Gasteiger partial charge in [0.05, 0.1) is 13.2 Å². The zero-order valence-electron chi connectivity index (χ0n) is 12.6. The highest BCUT2D eigenvalue weighted by Crippen LogP contribution is 2.06. The van der Waals surface area contributed by atoms with Gasteiger partial charge in [0.1, 0.15) is 0 Å². The average Bonchev–Trinajstić information content (AvgIpc) is 2.42. The van der Waals surface area contributed by atoms with Gasteiger partial charge in [-0.15, -0.1) is 0 Å². The van der Waals surface area contributed by atoms with Crippen molar-refractivity contribution in [3.8, 4) is 0 Å². The Bertz CT molecular complexity index is 278. The zero-order chi connectivity index (χ0) is 15.4. The van der Waals surface area contributed by atoms with Crippen molar-refractivity contribution in [2.45, 2.75) is 19.8 Å². The van der Waals surface area contributed by atoms with Crippen molar-refractivity contribution in [3.63, 3.8) is 0 Å². The van der Waals surface area contributed by atoms with Crippen LogP contribution in [0.5, 0.6) is 0 Å². The molecule has 0 rings (SSSR count). The number of nitrogens with zero attached hydrogens (tertiary/aromatic N) is 1. The summed E-state index contributed by atoms with van der Waals surface area (Å²) in [5.74, 6) is -0.898. The van der Waals surface area contributed by atoms with Crippen LogP contribution in [0.4, 0.5) is 4.79 Å². The maximum absolute atomic E-state index is 12.0. The Morgan fingerprint density at radius 1 is 1.20 bits per heavy atom. The summed E-state index contributed by atoms with van der Waals surface area (Å²) in [4.78, 5) is 24.3. The molecule has 0 heterocycles. The van der Waals surface area contributed by atoms with E-state index in [1.54, 1.807) is 19.1 Å². The number of ether oxygens (including phenoxy) is 2. The number of nitrogens with one attached hydrogen (secondary N) is 1. The smallest absolute Gasteiger partial charge is 0.317 e. The van der Waals surface area contributed by atoms with Gasteiger partial charge in [-0.1, -0.05) is 13.3 Å². The van der Waals surface area contributed by atoms with Gasteiger partial charge >= 0.3 is 12.0 Å². The first-order valence-corrected chi connectivity index (χ1v) is 6.77. The molecule has 0 radical (unpaired) electrons. The summed E-state index contributed by atoms with van der Waals surface area (Å²) < 4.78 is 9.92. The molecule has 0 aliphatic heterocycles. The molecule has 2 N–H and O–H groups in total. The molecule has 0 fully saturated rings. The molecule has 1 atom stereocenters. The van der Waals surface area contributed by atoms with E-state index in [4.69, 9.17) is 14.6 Å². The molecule has 0 aromatic carbocycles. The van der Waals surface area contributed by atoms with Crippen LogP contribution in [0.3, 0.4) is 0 Å². The molecule has 1 unspecified atom stereocenters. The average molecular weight is 290 g/mol. The quantitative estimate of drug-likeness (QED) is 0.587. The number of urea groups is 1. The largest absolute Gasteiger partial charge is 0.481 e. The molecule has 0 saturated carbocycles. The third-order valence-electron chi connectivity index (χ3n) is 3.00. The lowest BCUT2D eigenvalue weighted by Crippen LogP contribution is -2.44. The first kappa shape index (κ1) is 18.7. The molecule has 0 aliphatic rings. The van der Waals surface area contributed by atoms with Gasteiger partial charge in [-0.3, -0.25) is 4.79 Å². The van der Waals surface area contributed by atoms with Crippen LogP contribution in [0.25, 0.3) is 0 Å². The van der Waals surface area contributed by atoms with E-state index in [0.717, 1.165) is 0 Å². The van der Waals surface area contributed by atoms with Crippen molar-refractivity contribution >= 4 is 12.0 Å². The van der Waals surface area contributed by atoms with Crippen molar-refractivity contribution in [2.24, 2.45) is 5.92 Å². The molecule has 0 aromatic rings. The fourth-order valence-corrected chi connectivity index (χ4v) is 1.67. The number of carboxylic acid groups (broad SMARTS) is 1. The number of rotatable bonds is 11. The van der Waals surface area contributed by atoms with Crippen molar-refractivity contribution in [3.05, 3.63) is 0 Å². The van der Waals surface area contributed by atoms with Crippen LogP contribution in [0.1, 0.15) is 19.8 Å². The van der Waals surface area contributed by atoms with Crippen molar-refractivity contribution in [2.75, 3.05) is 47.1 Å². The van der Waals surface area contributed by atoms with Gasteiger partial charge in [0.2, 0.25) is 0 Å². The molecule has 7 nitrogen and oxygen atoms in total. The number of hydrogen-bond donors (Lipinski definition) is 2. The van der Waals surface area contributed by atoms with Gasteiger partial charge < -0.3 is 24.8 Å². The predicted molar refractivity (Wildman–Crippen MR) is 74.8 cm³/mol. The maximum atomic E-state index is 12.0. The second-order valence-corrected chi connectivity index (χ2v) is 4.53. The molecule has 0 saturated heterocycles. The molecular formula is C13H26N2O5. The Morgan fingerprint density at radius 2 is 1.75 bits per heavy atom. The number of aliphatic carboxylic acids is 1. The highest BCUT2D eigenvalue weighted by atomic mass is 16.5. The standard InChI is InChI=1S/C13H26N2O5/c1-4-11(9-12(16)17)10-14-13(18)15(5-7-19-2)6-8-20-3/h11H,4-10H2,1-3H3,(H,14,18)(H,16,17). The second-order valence-electron chi connectivity index (χ2n) is 4.53. The molecule has 7 heteroatoms. The van der Waals surface area contributed by atoms with Crippen LogP contribution in [-0.4, -0.2) is 69.1 Å². The fraction of sp³-hybridized carbons (Fsp3) is 0.846. The molecule has 0 aliphatic carbocycles. The van der Waals surface area contributed by atoms with E-state index in [0.29, 0.717) is 39.3 Å². The highest BCUT2D eigenvalue weighted by molar-refractivity contribution is 5.74. The summed E-state index contributed by atoms with van der Waals surface area (Å²) in [7, 11) is 3.15. The molecule has 0 aromatic heterocycles. The summed E-state index contributed by atoms with van der Waals surface area (Å²) in [6.45, 7) is 4.11. The number of hydrogen-bond acceptors (Lipinski definition) is 4. The fourth-order valence-electron chi connectivity index (χ4n) is 1.67. The lowest BCUT2D eigenvalue weighted by molar-refractivity contribution is -0.138. The van der Waals surface area contributed by atoms with Gasteiger partial charge in [0.25, 0.3) is 0 Å². The van der Waals surface area contributed by atoms with E-state index < -0.39 is 5.97 Å². The minimum atomic E-state index is -0.846. The third kappa shape index (κ3) is 8.71. The first-order valence-electron chi connectivity index (χ1n) is 6.77. The molecule has 0 spiro atoms. The Labute approximate surface area is 120 Å². The molecule has 118 valence electrons. The SMILES string of the molecule is CCC(CNC(=O)N(CCOC)CCOC)CC(=O)O. The monoisotopic (exact) mass is 290 g/mol. The van der Waals surface area contributed by atoms with E-state index in [1.165, 1.54) is 0 Å². The maximum Gasteiger partial charge on any atom is 0.317 e. The van der Waals surface area contributed by atoms with Crippen LogP contribution in [0, 0.1) is 5.92 Å². The summed E-state index contributed by atoms with van der Waals surface area (Å²) in [6.07, 6.45) is 0.773. The van der Waals surface area contributed by atoms with E-state index in [-0.39, 0.29) is 18.4 Å². The molecule has 20 heavy (non-hydrogen) atoms. The topological polar surface area (TPSA) is 88.1 Å². The van der Waals surface area contributed by atoms with Crippen LogP contribution in [0.15, 0.2) is 0 Å². The second kappa shape index (κ2) is 11.5. The normalized spacial score (nSPS) is 11.9. The predicted octanol–water partition coefficient (Wildman–Crippen LogP) is 0.792. The molecule has 0 bridgehead atoms. The summed E-state index contributed by atoms with van der Waals surface area (Å²) in [5.41, 5.74) is 0. The Hall–Kier alpha value is -1.34. The van der Waals surface area contributed by atoms with Crippen molar-refractivity contribution in [1.82, 2.24) is 10.2 Å². The van der Waals surface area contributed by atoms with Gasteiger partial charge in [-0.05, 0) is 5.92 Å².